The monoisotopic (exact) mass is 811 g/mol. The van der Waals surface area contributed by atoms with Crippen LogP contribution >= 0.6 is 22.7 Å². The maximum Gasteiger partial charge on any atom is 0.0468 e. The summed E-state index contributed by atoms with van der Waals surface area (Å²) in [4.78, 5) is 2.37. The van der Waals surface area contributed by atoms with Crippen LogP contribution in [0.3, 0.4) is 0 Å². The lowest BCUT2D eigenvalue weighted by Crippen LogP contribution is -2.09. The van der Waals surface area contributed by atoms with Crippen LogP contribution in [0, 0.1) is 0 Å². The Hall–Kier alpha value is -7.30. The first-order chi connectivity index (χ1) is 30.2. The van der Waals surface area contributed by atoms with Crippen molar-refractivity contribution in [3.63, 3.8) is 0 Å². The summed E-state index contributed by atoms with van der Waals surface area (Å²) in [6.45, 7) is 0. The highest BCUT2D eigenvalue weighted by Crippen LogP contribution is 2.45. The highest BCUT2D eigenvalue weighted by Gasteiger charge is 2.18. The molecule has 10 aromatic carbocycles. The fraction of sp³-hybridized carbons (Fsp3) is 0. The molecule has 0 bridgehead atoms. The molecule has 2 aromatic heterocycles. The number of fused-ring (bicyclic) bond motifs is 7. The topological polar surface area (TPSA) is 3.24 Å². The van der Waals surface area contributed by atoms with E-state index in [0.29, 0.717) is 0 Å². The van der Waals surface area contributed by atoms with Crippen molar-refractivity contribution in [3.8, 4) is 44.5 Å². The summed E-state index contributed by atoms with van der Waals surface area (Å²) in [5.41, 5.74) is 13.1. The molecular weight excluding hydrogens is 775 g/mol. The molecule has 1 nitrogen and oxygen atoms in total. The smallest absolute Gasteiger partial charge is 0.0468 e. The van der Waals surface area contributed by atoms with Gasteiger partial charge >= 0.3 is 0 Å². The number of nitrogens with zero attached hydrogens (tertiary/aromatic N) is 1. The van der Waals surface area contributed by atoms with Gasteiger partial charge in [-0.05, 0) is 122 Å². The Morgan fingerprint density at radius 2 is 0.705 bits per heavy atom. The van der Waals surface area contributed by atoms with Crippen molar-refractivity contribution >= 4 is 90.9 Å². The molecule has 286 valence electrons. The van der Waals surface area contributed by atoms with Gasteiger partial charge in [0, 0.05) is 57.4 Å². The number of thiophene rings is 2. The summed E-state index contributed by atoms with van der Waals surface area (Å²) in [7, 11) is 0. The first-order valence-electron chi connectivity index (χ1n) is 20.7. The zero-order chi connectivity index (χ0) is 40.3. The van der Waals surface area contributed by atoms with Gasteiger partial charge in [-0.2, -0.15) is 0 Å². The minimum absolute atomic E-state index is 1.10. The van der Waals surface area contributed by atoms with Gasteiger partial charge in [-0.1, -0.05) is 158 Å². The molecule has 0 atom stereocenters. The van der Waals surface area contributed by atoms with Gasteiger partial charge < -0.3 is 4.90 Å². The van der Waals surface area contributed by atoms with Crippen LogP contribution in [0.2, 0.25) is 0 Å². The average Bonchev–Trinajstić information content (AvgIpc) is 3.91. The Balaban J connectivity index is 1.01. The van der Waals surface area contributed by atoms with Gasteiger partial charge in [-0.25, -0.2) is 0 Å². The molecule has 0 saturated carbocycles. The molecular formula is C58H37NS2. The van der Waals surface area contributed by atoms with E-state index in [9.17, 15) is 0 Å². The molecule has 3 heteroatoms. The SMILES string of the molecule is c1ccc(-c2ccc(N(c3ccc(-c4cc(-c5cccc6c5sc5ccccc56)cc(-c5cccc6c5sc5ccccc56)c4)cc3)c3ccc4ccccc4c3)cc2)cc1. The molecule has 0 amide bonds. The molecule has 0 fully saturated rings. The standard InChI is InChI=1S/C58H37NS2/c1-2-12-38(13-3-1)40-24-29-46(30-25-40)59(48-33-28-39-14-4-5-15-42(39)37-48)47-31-26-41(27-32-47)43-34-44(49-18-10-20-53-51-16-6-8-22-55(51)60-57(49)53)36-45(35-43)50-19-11-21-54-52-17-7-9-23-56(52)61-58(50)54/h1-37H. The second kappa shape index (κ2) is 14.8. The lowest BCUT2D eigenvalue weighted by Gasteiger charge is -2.26. The van der Waals surface area contributed by atoms with Gasteiger partial charge in [-0.3, -0.25) is 0 Å². The van der Waals surface area contributed by atoms with E-state index in [4.69, 9.17) is 0 Å². The van der Waals surface area contributed by atoms with E-state index in [0.717, 1.165) is 17.1 Å². The Morgan fingerprint density at radius 3 is 1.30 bits per heavy atom. The van der Waals surface area contributed by atoms with E-state index >= 15 is 0 Å². The maximum absolute atomic E-state index is 2.41. The summed E-state index contributed by atoms with van der Waals surface area (Å²) in [5.74, 6) is 0. The average molecular weight is 812 g/mol. The van der Waals surface area contributed by atoms with Crippen molar-refractivity contribution in [1.82, 2.24) is 0 Å². The second-order valence-electron chi connectivity index (χ2n) is 15.7. The summed E-state index contributed by atoms with van der Waals surface area (Å²) in [6.07, 6.45) is 0. The molecule has 0 N–H and O–H groups in total. The van der Waals surface area contributed by atoms with Gasteiger partial charge in [0.1, 0.15) is 0 Å². The Morgan fingerprint density at radius 1 is 0.262 bits per heavy atom. The molecule has 0 unspecified atom stereocenters. The quantitative estimate of drug-likeness (QED) is 0.155. The minimum atomic E-state index is 1.10. The summed E-state index contributed by atoms with van der Waals surface area (Å²) < 4.78 is 5.29. The predicted octanol–water partition coefficient (Wildman–Crippen LogP) is 17.7. The molecule has 12 rings (SSSR count). The fourth-order valence-corrected chi connectivity index (χ4v) is 11.5. The van der Waals surface area contributed by atoms with Gasteiger partial charge in [0.25, 0.3) is 0 Å². The number of anilines is 3. The Labute approximate surface area is 362 Å². The zero-order valence-electron chi connectivity index (χ0n) is 33.1. The lowest BCUT2D eigenvalue weighted by atomic mass is 9.92. The third-order valence-corrected chi connectivity index (χ3v) is 14.5. The van der Waals surface area contributed by atoms with Crippen LogP contribution in [0.25, 0.3) is 95.6 Å². The van der Waals surface area contributed by atoms with Crippen LogP contribution in [-0.2, 0) is 0 Å². The summed E-state index contributed by atoms with van der Waals surface area (Å²) in [6, 6.07) is 82.4. The molecule has 0 aliphatic heterocycles. The molecule has 0 radical (unpaired) electrons. The molecule has 12 aromatic rings. The van der Waals surface area contributed by atoms with Gasteiger partial charge in [0.2, 0.25) is 0 Å². The maximum atomic E-state index is 2.41. The van der Waals surface area contributed by atoms with Crippen molar-refractivity contribution in [2.75, 3.05) is 4.90 Å². The van der Waals surface area contributed by atoms with E-state index in [2.05, 4.69) is 229 Å². The van der Waals surface area contributed by atoms with Gasteiger partial charge in [0.15, 0.2) is 0 Å². The summed E-state index contributed by atoms with van der Waals surface area (Å²) in [5, 5.41) is 7.70. The zero-order valence-corrected chi connectivity index (χ0v) is 34.8. The first-order valence-corrected chi connectivity index (χ1v) is 22.4. The number of hydrogen-bond donors (Lipinski definition) is 0. The predicted molar refractivity (Wildman–Crippen MR) is 266 cm³/mol. The summed E-state index contributed by atoms with van der Waals surface area (Å²) >= 11 is 3.78. The van der Waals surface area contributed by atoms with Gasteiger partial charge in [0.05, 0.1) is 0 Å². The minimum Gasteiger partial charge on any atom is -0.310 e. The fourth-order valence-electron chi connectivity index (χ4n) is 9.05. The molecule has 0 aliphatic carbocycles. The van der Waals surface area contributed by atoms with E-state index in [1.54, 1.807) is 0 Å². The number of hydrogen-bond acceptors (Lipinski definition) is 3. The molecule has 0 saturated heterocycles. The van der Waals surface area contributed by atoms with Crippen LogP contribution in [0.1, 0.15) is 0 Å². The van der Waals surface area contributed by atoms with Crippen LogP contribution < -0.4 is 4.90 Å². The van der Waals surface area contributed by atoms with Crippen molar-refractivity contribution in [2.45, 2.75) is 0 Å². The van der Waals surface area contributed by atoms with Gasteiger partial charge in [-0.15, -0.1) is 22.7 Å². The van der Waals surface area contributed by atoms with E-state index < -0.39 is 0 Å². The third kappa shape index (κ3) is 6.29. The van der Waals surface area contributed by atoms with E-state index in [1.807, 2.05) is 22.7 Å². The molecule has 0 spiro atoms. The highest BCUT2D eigenvalue weighted by atomic mass is 32.1. The van der Waals surface area contributed by atoms with Crippen molar-refractivity contribution in [1.29, 1.82) is 0 Å². The Kier molecular flexibility index (Phi) is 8.62. The Bertz CT molecular complexity index is 3450. The van der Waals surface area contributed by atoms with Crippen LogP contribution in [0.15, 0.2) is 224 Å². The molecule has 0 aliphatic rings. The van der Waals surface area contributed by atoms with Crippen LogP contribution in [-0.4, -0.2) is 0 Å². The number of benzene rings is 10. The second-order valence-corrected chi connectivity index (χ2v) is 17.8. The van der Waals surface area contributed by atoms with E-state index in [1.165, 1.54) is 95.6 Å². The first kappa shape index (κ1) is 35.6. The van der Waals surface area contributed by atoms with Crippen molar-refractivity contribution < 1.29 is 0 Å². The molecule has 61 heavy (non-hydrogen) atoms. The third-order valence-electron chi connectivity index (χ3n) is 12.0. The van der Waals surface area contributed by atoms with Crippen molar-refractivity contribution in [3.05, 3.63) is 224 Å². The van der Waals surface area contributed by atoms with E-state index in [-0.39, 0.29) is 0 Å². The lowest BCUT2D eigenvalue weighted by molar-refractivity contribution is 1.29. The normalized spacial score (nSPS) is 11.6. The number of rotatable bonds is 7. The van der Waals surface area contributed by atoms with Crippen LogP contribution in [0.4, 0.5) is 17.1 Å². The van der Waals surface area contributed by atoms with Crippen LogP contribution in [0.5, 0.6) is 0 Å². The van der Waals surface area contributed by atoms with Crippen molar-refractivity contribution in [2.24, 2.45) is 0 Å². The molecule has 2 heterocycles. The largest absolute Gasteiger partial charge is 0.310 e. The highest BCUT2D eigenvalue weighted by molar-refractivity contribution is 7.26.